The maximum Gasteiger partial charge on any atom is 0.129 e. The zero-order chi connectivity index (χ0) is 10.6. The van der Waals surface area contributed by atoms with Crippen LogP contribution in [0.3, 0.4) is 0 Å². The molecule has 0 unspecified atom stereocenters. The Balaban J connectivity index is 0.00000196. The van der Waals surface area contributed by atoms with E-state index >= 15 is 0 Å². The normalized spacial score (nSPS) is 11.7. The van der Waals surface area contributed by atoms with Gasteiger partial charge in [0.25, 0.3) is 0 Å². The summed E-state index contributed by atoms with van der Waals surface area (Å²) in [6.45, 7) is 3.59. The van der Waals surface area contributed by atoms with Crippen LogP contribution < -0.4 is 5.73 Å². The highest BCUT2D eigenvalue weighted by Gasteiger charge is 2.10. The fourth-order valence-corrected chi connectivity index (χ4v) is 1.41. The van der Waals surface area contributed by atoms with E-state index in [-0.39, 0.29) is 24.3 Å². The molecule has 1 nitrogen and oxygen atoms in total. The van der Waals surface area contributed by atoms with Crippen LogP contribution in [0.15, 0.2) is 30.9 Å². The van der Waals surface area contributed by atoms with Gasteiger partial charge in [-0.05, 0) is 25.0 Å². The smallest absolute Gasteiger partial charge is 0.129 e. The van der Waals surface area contributed by atoms with Gasteiger partial charge in [0.15, 0.2) is 0 Å². The molecule has 0 aromatic heterocycles. The van der Waals surface area contributed by atoms with E-state index in [1.54, 1.807) is 18.2 Å². The van der Waals surface area contributed by atoms with Crippen molar-refractivity contribution >= 4 is 24.0 Å². The van der Waals surface area contributed by atoms with Crippen molar-refractivity contribution in [2.24, 2.45) is 5.73 Å². The van der Waals surface area contributed by atoms with E-state index in [0.29, 0.717) is 17.0 Å². The van der Waals surface area contributed by atoms with Gasteiger partial charge in [-0.1, -0.05) is 23.7 Å². The van der Waals surface area contributed by atoms with Crippen LogP contribution in [0.1, 0.15) is 24.4 Å². The van der Waals surface area contributed by atoms with E-state index in [9.17, 15) is 4.39 Å². The predicted molar refractivity (Wildman–Crippen MR) is 65.0 cm³/mol. The molecule has 1 rings (SSSR count). The zero-order valence-electron chi connectivity index (χ0n) is 8.25. The minimum Gasteiger partial charge on any atom is -0.324 e. The lowest BCUT2D eigenvalue weighted by Gasteiger charge is -2.11. The van der Waals surface area contributed by atoms with Gasteiger partial charge in [0.05, 0.1) is 0 Å². The maximum absolute atomic E-state index is 13.3. The standard InChI is InChI=1S/C11H13ClFN.ClH/c1-2-3-4-11(14)9-6-5-8(12)7-10(9)13;/h2,5-7,11H,1,3-4,14H2;1H/t11-;/m0./s1. The van der Waals surface area contributed by atoms with Crippen molar-refractivity contribution in [2.75, 3.05) is 0 Å². The Morgan fingerprint density at radius 3 is 2.73 bits per heavy atom. The van der Waals surface area contributed by atoms with Gasteiger partial charge in [-0.3, -0.25) is 0 Å². The van der Waals surface area contributed by atoms with Crippen LogP contribution in [-0.4, -0.2) is 0 Å². The molecule has 4 heteroatoms. The summed E-state index contributed by atoms with van der Waals surface area (Å²) in [4.78, 5) is 0. The molecule has 1 aromatic rings. The molecule has 0 aliphatic carbocycles. The molecule has 0 spiro atoms. The maximum atomic E-state index is 13.3. The topological polar surface area (TPSA) is 26.0 Å². The molecule has 0 heterocycles. The second-order valence-corrected chi connectivity index (χ2v) is 3.57. The van der Waals surface area contributed by atoms with Crippen LogP contribution in [0.25, 0.3) is 0 Å². The molecule has 0 aliphatic heterocycles. The fraction of sp³-hybridized carbons (Fsp3) is 0.273. The van der Waals surface area contributed by atoms with Crippen LogP contribution in [0.2, 0.25) is 5.02 Å². The summed E-state index contributed by atoms with van der Waals surface area (Å²) in [6, 6.07) is 4.27. The molecule has 15 heavy (non-hydrogen) atoms. The molecule has 0 aliphatic rings. The number of benzene rings is 1. The van der Waals surface area contributed by atoms with Gasteiger partial charge in [0.2, 0.25) is 0 Å². The van der Waals surface area contributed by atoms with Gasteiger partial charge < -0.3 is 5.73 Å². The first-order valence-electron chi connectivity index (χ1n) is 4.46. The van der Waals surface area contributed by atoms with E-state index in [0.717, 1.165) is 6.42 Å². The molecule has 2 N–H and O–H groups in total. The highest BCUT2D eigenvalue weighted by Crippen LogP contribution is 2.22. The number of rotatable bonds is 4. The van der Waals surface area contributed by atoms with E-state index in [1.165, 1.54) is 6.07 Å². The Hall–Kier alpha value is -0.570. The second-order valence-electron chi connectivity index (χ2n) is 3.14. The quantitative estimate of drug-likeness (QED) is 0.806. The van der Waals surface area contributed by atoms with Crippen molar-refractivity contribution in [3.63, 3.8) is 0 Å². The molecule has 0 amide bonds. The predicted octanol–water partition coefficient (Wildman–Crippen LogP) is 3.87. The van der Waals surface area contributed by atoms with E-state index in [1.807, 2.05) is 0 Å². The Kier molecular flexibility index (Phi) is 6.57. The largest absolute Gasteiger partial charge is 0.324 e. The molecule has 1 aromatic carbocycles. The van der Waals surface area contributed by atoms with Crippen LogP contribution in [0.5, 0.6) is 0 Å². The molecule has 1 atom stereocenters. The lowest BCUT2D eigenvalue weighted by atomic mass is 10.0. The lowest BCUT2D eigenvalue weighted by Crippen LogP contribution is -2.11. The van der Waals surface area contributed by atoms with E-state index in [2.05, 4.69) is 6.58 Å². The SMILES string of the molecule is C=CCC[C@H](N)c1ccc(Cl)cc1F.Cl. The number of halogens is 3. The average Bonchev–Trinajstić information content (AvgIpc) is 2.14. The van der Waals surface area contributed by atoms with Crippen molar-refractivity contribution in [3.8, 4) is 0 Å². The molecule has 0 saturated carbocycles. The third-order valence-electron chi connectivity index (χ3n) is 2.04. The Morgan fingerprint density at radius 2 is 2.20 bits per heavy atom. The lowest BCUT2D eigenvalue weighted by molar-refractivity contribution is 0.566. The van der Waals surface area contributed by atoms with Gasteiger partial charge in [0, 0.05) is 16.6 Å². The monoisotopic (exact) mass is 249 g/mol. The first-order valence-corrected chi connectivity index (χ1v) is 4.84. The highest BCUT2D eigenvalue weighted by molar-refractivity contribution is 6.30. The molecule has 0 fully saturated rings. The van der Waals surface area contributed by atoms with Crippen molar-refractivity contribution in [1.82, 2.24) is 0 Å². The van der Waals surface area contributed by atoms with Gasteiger partial charge >= 0.3 is 0 Å². The summed E-state index contributed by atoms with van der Waals surface area (Å²) < 4.78 is 13.3. The van der Waals surface area contributed by atoms with Crippen molar-refractivity contribution < 1.29 is 4.39 Å². The Labute approximate surface area is 101 Å². The minimum atomic E-state index is -0.339. The first-order chi connectivity index (χ1) is 6.65. The fourth-order valence-electron chi connectivity index (χ4n) is 1.26. The summed E-state index contributed by atoms with van der Waals surface area (Å²) in [5.74, 6) is -0.339. The van der Waals surface area contributed by atoms with Crippen LogP contribution in [0, 0.1) is 5.82 Å². The van der Waals surface area contributed by atoms with Crippen molar-refractivity contribution in [3.05, 3.63) is 47.3 Å². The number of nitrogens with two attached hydrogens (primary N) is 1. The zero-order valence-corrected chi connectivity index (χ0v) is 9.82. The molecule has 0 saturated heterocycles. The third kappa shape index (κ3) is 4.20. The minimum absolute atomic E-state index is 0. The number of allylic oxidation sites excluding steroid dienone is 1. The molecule has 0 bridgehead atoms. The van der Waals surface area contributed by atoms with E-state index < -0.39 is 0 Å². The molecular formula is C11H14Cl2FN. The summed E-state index contributed by atoms with van der Waals surface area (Å²) in [5, 5.41) is 0.391. The molecular weight excluding hydrogens is 236 g/mol. The highest BCUT2D eigenvalue weighted by atomic mass is 35.5. The number of hydrogen-bond donors (Lipinski definition) is 1. The van der Waals surface area contributed by atoms with Crippen molar-refractivity contribution in [2.45, 2.75) is 18.9 Å². The molecule has 84 valence electrons. The Morgan fingerprint density at radius 1 is 1.53 bits per heavy atom. The first kappa shape index (κ1) is 14.4. The van der Waals surface area contributed by atoms with Crippen LogP contribution in [-0.2, 0) is 0 Å². The van der Waals surface area contributed by atoms with Crippen LogP contribution >= 0.6 is 24.0 Å². The van der Waals surface area contributed by atoms with Crippen LogP contribution in [0.4, 0.5) is 4.39 Å². The average molecular weight is 250 g/mol. The second kappa shape index (κ2) is 6.83. The Bertz CT molecular complexity index is 328. The third-order valence-corrected chi connectivity index (χ3v) is 2.28. The van der Waals surface area contributed by atoms with E-state index in [4.69, 9.17) is 17.3 Å². The summed E-state index contributed by atoms with van der Waals surface area (Å²) >= 11 is 5.63. The van der Waals surface area contributed by atoms with Gasteiger partial charge in [-0.25, -0.2) is 4.39 Å². The van der Waals surface area contributed by atoms with Gasteiger partial charge in [-0.2, -0.15) is 0 Å². The summed E-state index contributed by atoms with van der Waals surface area (Å²) in [5.41, 5.74) is 6.31. The van der Waals surface area contributed by atoms with Gasteiger partial charge in [0.1, 0.15) is 5.82 Å². The van der Waals surface area contributed by atoms with Crippen molar-refractivity contribution in [1.29, 1.82) is 0 Å². The van der Waals surface area contributed by atoms with Gasteiger partial charge in [-0.15, -0.1) is 19.0 Å². The summed E-state index contributed by atoms with van der Waals surface area (Å²) in [7, 11) is 0. The number of hydrogen-bond acceptors (Lipinski definition) is 1. The summed E-state index contributed by atoms with van der Waals surface area (Å²) in [6.07, 6.45) is 3.25. The molecule has 0 radical (unpaired) electrons.